The third-order valence-electron chi connectivity index (χ3n) is 5.48. The highest BCUT2D eigenvalue weighted by molar-refractivity contribution is 5.93. The summed E-state index contributed by atoms with van der Waals surface area (Å²) in [6.45, 7) is 1.82. The Labute approximate surface area is 180 Å². The Kier molecular flexibility index (Phi) is 6.26. The molecule has 1 saturated heterocycles. The van der Waals surface area contributed by atoms with E-state index in [1.807, 2.05) is 48.5 Å². The van der Waals surface area contributed by atoms with Gasteiger partial charge in [0.1, 0.15) is 11.4 Å². The molecule has 8 nitrogen and oxygen atoms in total. The quantitative estimate of drug-likeness (QED) is 0.661. The minimum Gasteiger partial charge on any atom is -0.495 e. The van der Waals surface area contributed by atoms with Gasteiger partial charge < -0.3 is 20.3 Å². The van der Waals surface area contributed by atoms with Crippen molar-refractivity contribution in [1.82, 2.24) is 20.2 Å². The Hall–Kier alpha value is -3.68. The summed E-state index contributed by atoms with van der Waals surface area (Å²) in [5, 5.41) is 5.86. The van der Waals surface area contributed by atoms with Gasteiger partial charge in [0.05, 0.1) is 30.0 Å². The van der Waals surface area contributed by atoms with E-state index in [0.717, 1.165) is 18.4 Å². The fourth-order valence-corrected chi connectivity index (χ4v) is 3.68. The van der Waals surface area contributed by atoms with E-state index in [-0.39, 0.29) is 11.9 Å². The third-order valence-corrected chi connectivity index (χ3v) is 5.48. The first-order valence-corrected chi connectivity index (χ1v) is 10.3. The van der Waals surface area contributed by atoms with Crippen LogP contribution in [0.5, 0.6) is 5.75 Å². The van der Waals surface area contributed by atoms with Gasteiger partial charge in [-0.15, -0.1) is 0 Å². The molecule has 0 spiro atoms. The lowest BCUT2D eigenvalue weighted by atomic mass is 9.97. The fourth-order valence-electron chi connectivity index (χ4n) is 3.68. The molecular weight excluding hydrogens is 394 g/mol. The van der Waals surface area contributed by atoms with Crippen LogP contribution in [0.4, 0.5) is 10.5 Å². The van der Waals surface area contributed by atoms with Gasteiger partial charge in [-0.3, -0.25) is 9.78 Å². The number of carbonyl (C=O) groups excluding carboxylic acids is 2. The number of methoxy groups -OCH3 is 1. The van der Waals surface area contributed by atoms with Crippen LogP contribution in [0, 0.1) is 5.92 Å². The number of urea groups is 1. The average molecular weight is 419 g/mol. The first kappa shape index (κ1) is 20.6. The van der Waals surface area contributed by atoms with Crippen molar-refractivity contribution in [2.45, 2.75) is 12.8 Å². The van der Waals surface area contributed by atoms with Crippen LogP contribution in [-0.4, -0.2) is 53.6 Å². The Balaban J connectivity index is 1.26. The maximum atomic E-state index is 12.6. The highest BCUT2D eigenvalue weighted by atomic mass is 16.5. The zero-order valence-electron chi connectivity index (χ0n) is 17.4. The third kappa shape index (κ3) is 4.91. The monoisotopic (exact) mass is 419 g/mol. The molecule has 3 aromatic rings. The smallest absolute Gasteiger partial charge is 0.321 e. The summed E-state index contributed by atoms with van der Waals surface area (Å²) in [5.74, 6) is 0.715. The van der Waals surface area contributed by atoms with Gasteiger partial charge in [-0.2, -0.15) is 0 Å². The number of para-hydroxylation sites is 4. The molecule has 4 rings (SSSR count). The van der Waals surface area contributed by atoms with Crippen molar-refractivity contribution in [2.24, 2.45) is 5.92 Å². The number of hydrogen-bond acceptors (Lipinski definition) is 5. The highest BCUT2D eigenvalue weighted by Gasteiger charge is 2.24. The molecule has 1 fully saturated rings. The topological polar surface area (TPSA) is 96.5 Å². The van der Waals surface area contributed by atoms with E-state index in [0.29, 0.717) is 48.2 Å². The maximum Gasteiger partial charge on any atom is 0.321 e. The van der Waals surface area contributed by atoms with E-state index in [1.165, 1.54) is 6.20 Å². The molecule has 0 unspecified atom stereocenters. The average Bonchev–Trinajstić information content (AvgIpc) is 2.82. The van der Waals surface area contributed by atoms with E-state index < -0.39 is 0 Å². The van der Waals surface area contributed by atoms with Gasteiger partial charge in [-0.1, -0.05) is 24.3 Å². The summed E-state index contributed by atoms with van der Waals surface area (Å²) in [4.78, 5) is 35.5. The number of aromatic nitrogens is 2. The van der Waals surface area contributed by atoms with Gasteiger partial charge in [0, 0.05) is 19.6 Å². The number of likely N-dealkylation sites (tertiary alicyclic amines) is 1. The largest absolute Gasteiger partial charge is 0.495 e. The zero-order valence-corrected chi connectivity index (χ0v) is 17.4. The predicted octanol–water partition coefficient (Wildman–Crippen LogP) is 3.31. The second-order valence-electron chi connectivity index (χ2n) is 7.51. The number of ether oxygens (including phenoxy) is 1. The van der Waals surface area contributed by atoms with Crippen LogP contribution in [0.15, 0.2) is 54.7 Å². The molecule has 31 heavy (non-hydrogen) atoms. The Bertz CT molecular complexity index is 1080. The highest BCUT2D eigenvalue weighted by Crippen LogP contribution is 2.24. The summed E-state index contributed by atoms with van der Waals surface area (Å²) in [7, 11) is 1.58. The summed E-state index contributed by atoms with van der Waals surface area (Å²) in [6.07, 6.45) is 3.15. The number of anilines is 1. The van der Waals surface area contributed by atoms with E-state index in [4.69, 9.17) is 4.74 Å². The van der Waals surface area contributed by atoms with Gasteiger partial charge in [-0.05, 0) is 43.0 Å². The number of hydrogen-bond donors (Lipinski definition) is 2. The van der Waals surface area contributed by atoms with Crippen molar-refractivity contribution in [3.8, 4) is 5.75 Å². The molecular formula is C23H25N5O3. The molecule has 2 aromatic carbocycles. The number of benzene rings is 2. The molecule has 8 heteroatoms. The van der Waals surface area contributed by atoms with Crippen molar-refractivity contribution in [1.29, 1.82) is 0 Å². The number of piperidine rings is 1. The van der Waals surface area contributed by atoms with Gasteiger partial charge in [0.2, 0.25) is 0 Å². The van der Waals surface area contributed by atoms with Crippen LogP contribution < -0.4 is 15.4 Å². The summed E-state index contributed by atoms with van der Waals surface area (Å²) in [6, 6.07) is 14.7. The molecule has 3 amide bonds. The minimum atomic E-state index is -0.227. The summed E-state index contributed by atoms with van der Waals surface area (Å²) < 4.78 is 5.28. The van der Waals surface area contributed by atoms with Crippen molar-refractivity contribution >= 4 is 28.7 Å². The summed E-state index contributed by atoms with van der Waals surface area (Å²) >= 11 is 0. The Morgan fingerprint density at radius 3 is 2.55 bits per heavy atom. The van der Waals surface area contributed by atoms with Crippen molar-refractivity contribution in [3.63, 3.8) is 0 Å². The summed E-state index contributed by atoms with van der Waals surface area (Å²) in [5.41, 5.74) is 2.43. The SMILES string of the molecule is COc1ccccc1NC(=O)N1CCC(CNC(=O)c2cnc3ccccc3n2)CC1. The first-order valence-electron chi connectivity index (χ1n) is 10.3. The molecule has 0 bridgehead atoms. The molecule has 1 aliphatic rings. The molecule has 0 radical (unpaired) electrons. The molecule has 2 heterocycles. The Morgan fingerprint density at radius 2 is 1.77 bits per heavy atom. The molecule has 0 atom stereocenters. The molecule has 0 aliphatic carbocycles. The van der Waals surface area contributed by atoms with Gasteiger partial charge in [0.15, 0.2) is 0 Å². The second kappa shape index (κ2) is 9.42. The number of rotatable bonds is 5. The Morgan fingerprint density at radius 1 is 1.06 bits per heavy atom. The lowest BCUT2D eigenvalue weighted by Gasteiger charge is -2.32. The van der Waals surface area contributed by atoms with Gasteiger partial charge in [0.25, 0.3) is 5.91 Å². The molecule has 2 N–H and O–H groups in total. The molecule has 1 aliphatic heterocycles. The second-order valence-corrected chi connectivity index (χ2v) is 7.51. The molecule has 0 saturated carbocycles. The van der Waals surface area contributed by atoms with E-state index >= 15 is 0 Å². The van der Waals surface area contributed by atoms with E-state index in [9.17, 15) is 9.59 Å². The lowest BCUT2D eigenvalue weighted by molar-refractivity contribution is 0.0933. The molecule has 1 aromatic heterocycles. The zero-order chi connectivity index (χ0) is 21.6. The van der Waals surface area contributed by atoms with Crippen LogP contribution in [0.1, 0.15) is 23.3 Å². The lowest BCUT2D eigenvalue weighted by Crippen LogP contribution is -2.43. The number of carbonyl (C=O) groups is 2. The normalized spacial score (nSPS) is 14.3. The van der Waals surface area contributed by atoms with E-state index in [1.54, 1.807) is 12.0 Å². The first-order chi connectivity index (χ1) is 15.1. The van der Waals surface area contributed by atoms with Crippen molar-refractivity contribution < 1.29 is 14.3 Å². The van der Waals surface area contributed by atoms with Gasteiger partial charge >= 0.3 is 6.03 Å². The van der Waals surface area contributed by atoms with Crippen molar-refractivity contribution in [2.75, 3.05) is 32.1 Å². The predicted molar refractivity (Wildman–Crippen MR) is 118 cm³/mol. The number of nitrogens with one attached hydrogen (secondary N) is 2. The van der Waals surface area contributed by atoms with Crippen LogP contribution in [-0.2, 0) is 0 Å². The minimum absolute atomic E-state index is 0.140. The van der Waals surface area contributed by atoms with Crippen LogP contribution >= 0.6 is 0 Å². The number of nitrogens with zero attached hydrogens (tertiary/aromatic N) is 3. The van der Waals surface area contributed by atoms with Crippen molar-refractivity contribution in [3.05, 3.63) is 60.4 Å². The standard InChI is InChI=1S/C23H25N5O3/c1-31-21-9-5-4-8-19(21)27-23(30)28-12-10-16(11-13-28)14-25-22(29)20-15-24-17-6-2-3-7-18(17)26-20/h2-9,15-16H,10-14H2,1H3,(H,25,29)(H,27,30). The number of fused-ring (bicyclic) bond motifs is 1. The van der Waals surface area contributed by atoms with Crippen LogP contribution in [0.2, 0.25) is 0 Å². The maximum absolute atomic E-state index is 12.6. The van der Waals surface area contributed by atoms with Crippen LogP contribution in [0.25, 0.3) is 11.0 Å². The van der Waals surface area contributed by atoms with Gasteiger partial charge in [-0.25, -0.2) is 9.78 Å². The fraction of sp³-hybridized carbons (Fsp3) is 0.304. The number of amides is 3. The van der Waals surface area contributed by atoms with E-state index in [2.05, 4.69) is 20.6 Å². The van der Waals surface area contributed by atoms with Crippen LogP contribution in [0.3, 0.4) is 0 Å². The molecule has 160 valence electrons.